The first-order chi connectivity index (χ1) is 10.5. The third kappa shape index (κ3) is 5.20. The first-order valence-corrected chi connectivity index (χ1v) is 8.31. The second-order valence-electron chi connectivity index (χ2n) is 4.80. The topological polar surface area (TPSA) is 46.2 Å². The summed E-state index contributed by atoms with van der Waals surface area (Å²) >= 11 is 7.35. The second kappa shape index (κ2) is 8.01. The highest BCUT2D eigenvalue weighted by atomic mass is 35.5. The predicted molar refractivity (Wildman–Crippen MR) is 92.7 cm³/mol. The molecule has 0 saturated heterocycles. The Morgan fingerprint density at radius 2 is 1.86 bits per heavy atom. The molecule has 0 aliphatic heterocycles. The molecular weight excluding hydrogens is 318 g/mol. The number of anilines is 1. The van der Waals surface area contributed by atoms with Crippen LogP contribution in [0.5, 0.6) is 0 Å². The monoisotopic (exact) mass is 333 g/mol. The lowest BCUT2D eigenvalue weighted by molar-refractivity contribution is -0.113. The Labute approximate surface area is 139 Å². The van der Waals surface area contributed by atoms with Crippen LogP contribution in [0.4, 0.5) is 5.69 Å². The zero-order valence-corrected chi connectivity index (χ0v) is 13.7. The lowest BCUT2D eigenvalue weighted by atomic mass is 10.1. The van der Waals surface area contributed by atoms with E-state index in [0.717, 1.165) is 11.3 Å². The molecule has 0 saturated carbocycles. The van der Waals surface area contributed by atoms with Gasteiger partial charge in [-0.05, 0) is 36.8 Å². The van der Waals surface area contributed by atoms with Crippen molar-refractivity contribution in [1.29, 1.82) is 0 Å². The number of nitrogens with one attached hydrogen (secondary N) is 1. The van der Waals surface area contributed by atoms with E-state index in [0.29, 0.717) is 22.0 Å². The van der Waals surface area contributed by atoms with Crippen LogP contribution in [0, 0.1) is 0 Å². The maximum atomic E-state index is 11.9. The normalized spacial score (nSPS) is 10.3. The Kier molecular flexibility index (Phi) is 6.04. The number of benzene rings is 2. The summed E-state index contributed by atoms with van der Waals surface area (Å²) in [4.78, 5) is 23.2. The Hall–Kier alpha value is -1.78. The van der Waals surface area contributed by atoms with Crippen LogP contribution in [0.25, 0.3) is 0 Å². The molecule has 22 heavy (non-hydrogen) atoms. The van der Waals surface area contributed by atoms with E-state index in [4.69, 9.17) is 11.6 Å². The number of ketones is 1. The van der Waals surface area contributed by atoms with Gasteiger partial charge < -0.3 is 5.32 Å². The molecule has 3 nitrogen and oxygen atoms in total. The van der Waals surface area contributed by atoms with Crippen molar-refractivity contribution in [3.8, 4) is 0 Å². The smallest absolute Gasteiger partial charge is 0.234 e. The molecule has 0 spiro atoms. The fraction of sp³-hybridized carbons (Fsp3) is 0.176. The molecule has 0 aliphatic rings. The molecule has 1 N–H and O–H groups in total. The van der Waals surface area contributed by atoms with Crippen LogP contribution in [0.1, 0.15) is 22.8 Å². The van der Waals surface area contributed by atoms with E-state index >= 15 is 0 Å². The lowest BCUT2D eigenvalue weighted by Crippen LogP contribution is -2.14. The van der Waals surface area contributed by atoms with E-state index in [2.05, 4.69) is 5.32 Å². The minimum Gasteiger partial charge on any atom is -0.325 e. The summed E-state index contributed by atoms with van der Waals surface area (Å²) in [7, 11) is 0. The maximum Gasteiger partial charge on any atom is 0.234 e. The number of hydrogen-bond acceptors (Lipinski definition) is 3. The van der Waals surface area contributed by atoms with Gasteiger partial charge in [0.25, 0.3) is 0 Å². The van der Waals surface area contributed by atoms with E-state index in [9.17, 15) is 9.59 Å². The van der Waals surface area contributed by atoms with E-state index in [1.807, 2.05) is 24.3 Å². The Morgan fingerprint density at radius 3 is 2.55 bits per heavy atom. The van der Waals surface area contributed by atoms with Crippen LogP contribution < -0.4 is 5.32 Å². The number of carbonyl (C=O) groups excluding carboxylic acids is 2. The van der Waals surface area contributed by atoms with Crippen molar-refractivity contribution in [2.45, 2.75) is 12.7 Å². The number of thioether (sulfide) groups is 1. The van der Waals surface area contributed by atoms with Crippen molar-refractivity contribution in [2.75, 3.05) is 11.1 Å². The molecule has 2 aromatic rings. The molecular formula is C17H16ClNO2S. The summed E-state index contributed by atoms with van der Waals surface area (Å²) in [5.41, 5.74) is 2.36. The number of Topliss-reactive ketones (excluding diaryl/α,β-unsaturated/α-hetero) is 1. The summed E-state index contributed by atoms with van der Waals surface area (Å²) in [6.45, 7) is 1.50. The summed E-state index contributed by atoms with van der Waals surface area (Å²) in [6, 6.07) is 14.5. The van der Waals surface area contributed by atoms with Gasteiger partial charge in [-0.15, -0.1) is 11.8 Å². The highest BCUT2D eigenvalue weighted by molar-refractivity contribution is 7.99. The van der Waals surface area contributed by atoms with Gasteiger partial charge in [-0.2, -0.15) is 0 Å². The van der Waals surface area contributed by atoms with Crippen molar-refractivity contribution in [1.82, 2.24) is 0 Å². The molecule has 0 aromatic heterocycles. The number of rotatable bonds is 6. The van der Waals surface area contributed by atoms with Crippen molar-refractivity contribution < 1.29 is 9.59 Å². The van der Waals surface area contributed by atoms with E-state index in [1.165, 1.54) is 18.7 Å². The van der Waals surface area contributed by atoms with E-state index in [-0.39, 0.29) is 11.7 Å². The van der Waals surface area contributed by atoms with Crippen LogP contribution in [0.3, 0.4) is 0 Å². The van der Waals surface area contributed by atoms with Gasteiger partial charge in [-0.3, -0.25) is 9.59 Å². The highest BCUT2D eigenvalue weighted by Crippen LogP contribution is 2.16. The molecule has 2 rings (SSSR count). The first kappa shape index (κ1) is 16.6. The summed E-state index contributed by atoms with van der Waals surface area (Å²) in [5.74, 6) is 0.998. The van der Waals surface area contributed by atoms with Crippen molar-refractivity contribution in [3.05, 3.63) is 64.7 Å². The van der Waals surface area contributed by atoms with Crippen molar-refractivity contribution in [3.63, 3.8) is 0 Å². The Morgan fingerprint density at radius 1 is 1.14 bits per heavy atom. The Balaban J connectivity index is 1.81. The van der Waals surface area contributed by atoms with Crippen molar-refractivity contribution >= 4 is 40.7 Å². The molecule has 0 radical (unpaired) electrons. The summed E-state index contributed by atoms with van der Waals surface area (Å²) < 4.78 is 0. The average Bonchev–Trinajstić information content (AvgIpc) is 2.49. The van der Waals surface area contributed by atoms with Crippen LogP contribution in [0.15, 0.2) is 48.5 Å². The molecule has 0 bridgehead atoms. The van der Waals surface area contributed by atoms with Gasteiger partial charge in [0.05, 0.1) is 5.75 Å². The second-order valence-corrected chi connectivity index (χ2v) is 6.23. The van der Waals surface area contributed by atoms with Gasteiger partial charge in [0.15, 0.2) is 5.78 Å². The van der Waals surface area contributed by atoms with Gasteiger partial charge in [0, 0.05) is 22.0 Å². The number of carbonyl (C=O) groups is 2. The third-order valence-electron chi connectivity index (χ3n) is 2.97. The Bertz CT molecular complexity index is 671. The van der Waals surface area contributed by atoms with Crippen LogP contribution >= 0.6 is 23.4 Å². The SMILES string of the molecule is CC(=O)c1cccc(NC(=O)CSCc2ccc(Cl)cc2)c1. The minimum absolute atomic E-state index is 0.0202. The highest BCUT2D eigenvalue weighted by Gasteiger charge is 2.05. The standard InChI is InChI=1S/C17H16ClNO2S/c1-12(20)14-3-2-4-16(9-14)19-17(21)11-22-10-13-5-7-15(18)8-6-13/h2-9H,10-11H2,1H3,(H,19,21). The lowest BCUT2D eigenvalue weighted by Gasteiger charge is -2.06. The largest absolute Gasteiger partial charge is 0.325 e. The fourth-order valence-electron chi connectivity index (χ4n) is 1.86. The van der Waals surface area contributed by atoms with Gasteiger partial charge in [-0.25, -0.2) is 0 Å². The van der Waals surface area contributed by atoms with Crippen LogP contribution in [-0.2, 0) is 10.5 Å². The molecule has 0 fully saturated rings. The number of halogens is 1. The van der Waals surface area contributed by atoms with E-state index < -0.39 is 0 Å². The predicted octanol–water partition coefficient (Wildman–Crippen LogP) is 4.41. The molecule has 5 heteroatoms. The average molecular weight is 334 g/mol. The molecule has 0 unspecified atom stereocenters. The maximum absolute atomic E-state index is 11.9. The van der Waals surface area contributed by atoms with E-state index in [1.54, 1.807) is 24.3 Å². The number of hydrogen-bond donors (Lipinski definition) is 1. The molecule has 1 amide bonds. The quantitative estimate of drug-likeness (QED) is 0.796. The molecule has 0 heterocycles. The number of amides is 1. The summed E-state index contributed by atoms with van der Waals surface area (Å²) in [6.07, 6.45) is 0. The van der Waals surface area contributed by atoms with Crippen LogP contribution in [0.2, 0.25) is 5.02 Å². The van der Waals surface area contributed by atoms with Gasteiger partial charge in [-0.1, -0.05) is 35.9 Å². The molecule has 0 aliphatic carbocycles. The van der Waals surface area contributed by atoms with Gasteiger partial charge in [0.1, 0.15) is 0 Å². The van der Waals surface area contributed by atoms with Crippen molar-refractivity contribution in [2.24, 2.45) is 0 Å². The minimum atomic E-state index is -0.0836. The zero-order valence-electron chi connectivity index (χ0n) is 12.1. The van der Waals surface area contributed by atoms with Gasteiger partial charge in [0.2, 0.25) is 5.91 Å². The van der Waals surface area contributed by atoms with Crippen LogP contribution in [-0.4, -0.2) is 17.4 Å². The fourth-order valence-corrected chi connectivity index (χ4v) is 2.77. The molecule has 2 aromatic carbocycles. The third-order valence-corrected chi connectivity index (χ3v) is 4.22. The first-order valence-electron chi connectivity index (χ1n) is 6.77. The molecule has 0 atom stereocenters. The van der Waals surface area contributed by atoms with Gasteiger partial charge >= 0.3 is 0 Å². The summed E-state index contributed by atoms with van der Waals surface area (Å²) in [5, 5.41) is 3.50. The zero-order chi connectivity index (χ0) is 15.9. The molecule has 114 valence electrons.